The fourth-order valence-corrected chi connectivity index (χ4v) is 3.44. The standard InChI is InChI=1S/C13H18N6O4.C4H3ClN4O2/c14-11-9(19(21)22)7-15-13(16-11)18-5-6-23-10(8-18)12(20)17-3-1-2-4-17;5-4-7-1-2(9(10)11)3(6)8-4/h7,10H,1-6,8H2,(H2,14,15,16);1H,(H2,6,7,8). The number of nitrogen functional groups attached to an aromatic ring is 2. The van der Waals surface area contributed by atoms with Crippen molar-refractivity contribution < 1.29 is 19.4 Å². The smallest absolute Gasteiger partial charge is 0.329 e. The molecule has 2 aliphatic rings. The van der Waals surface area contributed by atoms with Crippen molar-refractivity contribution in [2.24, 2.45) is 0 Å². The van der Waals surface area contributed by atoms with Gasteiger partial charge < -0.3 is 26.0 Å². The van der Waals surface area contributed by atoms with Gasteiger partial charge in [0.2, 0.25) is 22.9 Å². The Balaban J connectivity index is 0.000000248. The number of rotatable bonds is 4. The van der Waals surface area contributed by atoms with E-state index in [0.717, 1.165) is 38.3 Å². The molecule has 0 radical (unpaired) electrons. The van der Waals surface area contributed by atoms with Crippen molar-refractivity contribution >= 4 is 46.5 Å². The highest BCUT2D eigenvalue weighted by molar-refractivity contribution is 6.28. The minimum atomic E-state index is -0.675. The molecule has 182 valence electrons. The van der Waals surface area contributed by atoms with Gasteiger partial charge in [-0.25, -0.2) is 9.97 Å². The minimum absolute atomic E-state index is 0.0258. The molecule has 2 aliphatic heterocycles. The molecule has 2 aromatic heterocycles. The van der Waals surface area contributed by atoms with Gasteiger partial charge in [0.15, 0.2) is 6.10 Å². The molecular weight excluding hydrogens is 476 g/mol. The van der Waals surface area contributed by atoms with E-state index in [1.165, 1.54) is 0 Å². The molecule has 0 aromatic carbocycles. The first-order valence-electron chi connectivity index (χ1n) is 10.0. The van der Waals surface area contributed by atoms with E-state index in [-0.39, 0.29) is 40.1 Å². The number of nitro groups is 2. The average Bonchev–Trinajstić information content (AvgIpc) is 3.33. The number of carbonyl (C=O) groups is 1. The van der Waals surface area contributed by atoms with Crippen LogP contribution in [0.3, 0.4) is 0 Å². The van der Waals surface area contributed by atoms with E-state index in [1.54, 1.807) is 9.80 Å². The van der Waals surface area contributed by atoms with Gasteiger partial charge in [-0.2, -0.15) is 9.97 Å². The second-order valence-corrected chi connectivity index (χ2v) is 7.54. The lowest BCUT2D eigenvalue weighted by Gasteiger charge is -2.33. The molecular formula is C17H21ClN10O6. The summed E-state index contributed by atoms with van der Waals surface area (Å²) in [5.41, 5.74) is 10.1. The number of hydrogen-bond donors (Lipinski definition) is 2. The second-order valence-electron chi connectivity index (χ2n) is 7.20. The third-order valence-electron chi connectivity index (χ3n) is 4.99. The van der Waals surface area contributed by atoms with Crippen LogP contribution in [0, 0.1) is 20.2 Å². The summed E-state index contributed by atoms with van der Waals surface area (Å²) >= 11 is 5.30. The molecule has 34 heavy (non-hydrogen) atoms. The molecule has 1 amide bonds. The van der Waals surface area contributed by atoms with Crippen LogP contribution in [0.15, 0.2) is 12.4 Å². The number of halogens is 1. The SMILES string of the molecule is Nc1nc(Cl)ncc1[N+](=O)[O-].Nc1nc(N2CCOC(C(=O)N3CCCC3)C2)ncc1[N+](=O)[O-]. The van der Waals surface area contributed by atoms with Gasteiger partial charge in [-0.3, -0.25) is 25.0 Å². The van der Waals surface area contributed by atoms with E-state index in [9.17, 15) is 25.0 Å². The van der Waals surface area contributed by atoms with Crippen LogP contribution in [0.2, 0.25) is 5.28 Å². The number of anilines is 3. The normalized spacial score (nSPS) is 17.6. The van der Waals surface area contributed by atoms with Gasteiger partial charge >= 0.3 is 11.4 Å². The van der Waals surface area contributed by atoms with Crippen molar-refractivity contribution in [3.05, 3.63) is 37.9 Å². The van der Waals surface area contributed by atoms with Crippen molar-refractivity contribution in [3.63, 3.8) is 0 Å². The van der Waals surface area contributed by atoms with Gasteiger partial charge in [-0.15, -0.1) is 0 Å². The number of carbonyl (C=O) groups excluding carboxylic acids is 1. The summed E-state index contributed by atoms with van der Waals surface area (Å²) in [4.78, 5) is 50.3. The first-order valence-corrected chi connectivity index (χ1v) is 10.4. The Morgan fingerprint density at radius 1 is 1.03 bits per heavy atom. The quantitative estimate of drug-likeness (QED) is 0.332. The van der Waals surface area contributed by atoms with Gasteiger partial charge in [-0.05, 0) is 24.4 Å². The largest absolute Gasteiger partial charge is 0.378 e. The summed E-state index contributed by atoms with van der Waals surface area (Å²) in [5, 5.41) is 20.8. The molecule has 4 rings (SSSR count). The van der Waals surface area contributed by atoms with Crippen LogP contribution in [-0.4, -0.2) is 79.5 Å². The van der Waals surface area contributed by atoms with Crippen LogP contribution < -0.4 is 16.4 Å². The van der Waals surface area contributed by atoms with Gasteiger partial charge in [0.1, 0.15) is 12.4 Å². The lowest BCUT2D eigenvalue weighted by atomic mass is 10.2. The predicted octanol–water partition coefficient (Wildman–Crippen LogP) is 0.415. The van der Waals surface area contributed by atoms with Crippen LogP contribution in [0.25, 0.3) is 0 Å². The first-order chi connectivity index (χ1) is 16.2. The molecule has 4 heterocycles. The number of hydrogen-bond acceptors (Lipinski definition) is 13. The van der Waals surface area contributed by atoms with Crippen molar-refractivity contribution in [1.29, 1.82) is 0 Å². The molecule has 2 fully saturated rings. The van der Waals surface area contributed by atoms with E-state index in [0.29, 0.717) is 19.7 Å². The molecule has 1 unspecified atom stereocenters. The van der Waals surface area contributed by atoms with Crippen LogP contribution in [0.1, 0.15) is 12.8 Å². The van der Waals surface area contributed by atoms with Gasteiger partial charge in [0.25, 0.3) is 5.91 Å². The highest BCUT2D eigenvalue weighted by atomic mass is 35.5. The van der Waals surface area contributed by atoms with Crippen molar-refractivity contribution in [1.82, 2.24) is 24.8 Å². The van der Waals surface area contributed by atoms with Crippen molar-refractivity contribution in [3.8, 4) is 0 Å². The summed E-state index contributed by atoms with van der Waals surface area (Å²) in [6.45, 7) is 2.71. The third kappa shape index (κ3) is 5.90. The topological polar surface area (TPSA) is 223 Å². The predicted molar refractivity (Wildman–Crippen MR) is 119 cm³/mol. The Labute approximate surface area is 197 Å². The number of morpholine rings is 1. The van der Waals surface area contributed by atoms with Crippen LogP contribution in [0.4, 0.5) is 29.0 Å². The minimum Gasteiger partial charge on any atom is -0.378 e. The molecule has 0 bridgehead atoms. The molecule has 0 spiro atoms. The molecule has 0 aliphatic carbocycles. The summed E-state index contributed by atoms with van der Waals surface area (Å²) in [7, 11) is 0. The zero-order chi connectivity index (χ0) is 24.8. The van der Waals surface area contributed by atoms with Crippen LogP contribution in [-0.2, 0) is 9.53 Å². The summed E-state index contributed by atoms with van der Waals surface area (Å²) in [6, 6.07) is 0. The Hall–Kier alpha value is -3.92. The second kappa shape index (κ2) is 10.8. The van der Waals surface area contributed by atoms with Gasteiger partial charge in [-0.1, -0.05) is 0 Å². The fourth-order valence-electron chi connectivity index (χ4n) is 3.30. The van der Waals surface area contributed by atoms with E-state index in [1.807, 2.05) is 0 Å². The summed E-state index contributed by atoms with van der Waals surface area (Å²) < 4.78 is 5.57. The fraction of sp³-hybridized carbons (Fsp3) is 0.471. The van der Waals surface area contributed by atoms with Gasteiger partial charge in [0, 0.05) is 19.6 Å². The van der Waals surface area contributed by atoms with E-state index < -0.39 is 16.0 Å². The Kier molecular flexibility index (Phi) is 7.85. The van der Waals surface area contributed by atoms with Crippen LogP contribution >= 0.6 is 11.6 Å². The first kappa shape index (κ1) is 24.7. The highest BCUT2D eigenvalue weighted by Crippen LogP contribution is 2.22. The molecule has 1 atom stereocenters. The lowest BCUT2D eigenvalue weighted by molar-refractivity contribution is -0.384. The number of nitrogens with two attached hydrogens (primary N) is 2. The molecule has 17 heteroatoms. The molecule has 2 aromatic rings. The van der Waals surface area contributed by atoms with Crippen LogP contribution in [0.5, 0.6) is 0 Å². The third-order valence-corrected chi connectivity index (χ3v) is 5.17. The average molecular weight is 497 g/mol. The highest BCUT2D eigenvalue weighted by Gasteiger charge is 2.32. The number of amides is 1. The van der Waals surface area contributed by atoms with E-state index in [4.69, 9.17) is 27.8 Å². The Morgan fingerprint density at radius 3 is 2.18 bits per heavy atom. The monoisotopic (exact) mass is 496 g/mol. The number of aromatic nitrogens is 4. The van der Waals surface area contributed by atoms with Crippen molar-refractivity contribution in [2.45, 2.75) is 18.9 Å². The van der Waals surface area contributed by atoms with E-state index >= 15 is 0 Å². The van der Waals surface area contributed by atoms with Gasteiger partial charge in [0.05, 0.1) is 23.0 Å². The zero-order valence-corrected chi connectivity index (χ0v) is 18.5. The lowest BCUT2D eigenvalue weighted by Crippen LogP contribution is -2.51. The number of ether oxygens (including phenoxy) is 1. The summed E-state index contributed by atoms with van der Waals surface area (Å²) in [5.74, 6) is -0.165. The molecule has 4 N–H and O–H groups in total. The van der Waals surface area contributed by atoms with E-state index in [2.05, 4.69) is 19.9 Å². The molecule has 16 nitrogen and oxygen atoms in total. The zero-order valence-electron chi connectivity index (χ0n) is 17.7. The summed E-state index contributed by atoms with van der Waals surface area (Å²) in [6.07, 6.45) is 3.52. The van der Waals surface area contributed by atoms with Crippen molar-refractivity contribution in [2.75, 3.05) is 49.2 Å². The molecule has 2 saturated heterocycles. The maximum Gasteiger partial charge on any atom is 0.329 e. The Morgan fingerprint density at radius 2 is 1.62 bits per heavy atom. The number of likely N-dealkylation sites (tertiary alicyclic amines) is 1. The Bertz CT molecular complexity index is 1080. The maximum absolute atomic E-state index is 12.4. The maximum atomic E-state index is 12.4. The molecule has 0 saturated carbocycles. The number of nitrogens with zero attached hydrogens (tertiary/aromatic N) is 8.